The summed E-state index contributed by atoms with van der Waals surface area (Å²) in [4.78, 5) is 4.28. The number of hydrogen-bond acceptors (Lipinski definition) is 2. The van der Waals surface area contributed by atoms with Crippen LogP contribution in [-0.2, 0) is 0 Å². The van der Waals surface area contributed by atoms with E-state index >= 15 is 0 Å². The number of aromatic nitrogens is 2. The van der Waals surface area contributed by atoms with Crippen LogP contribution in [0.15, 0.2) is 30.6 Å². The van der Waals surface area contributed by atoms with Gasteiger partial charge in [-0.15, -0.1) is 11.6 Å². The van der Waals surface area contributed by atoms with Crippen molar-refractivity contribution in [2.75, 3.05) is 11.2 Å². The van der Waals surface area contributed by atoms with E-state index < -0.39 is 0 Å². The van der Waals surface area contributed by atoms with Gasteiger partial charge in [0.1, 0.15) is 11.5 Å². The van der Waals surface area contributed by atoms with Gasteiger partial charge in [-0.05, 0) is 31.9 Å². The monoisotopic (exact) mass is 251 g/mol. The molecule has 0 amide bonds. The molecular weight excluding hydrogens is 234 g/mol. The fraction of sp³-hybridized carbons (Fsp3) is 0.462. The van der Waals surface area contributed by atoms with Crippen LogP contribution in [0.25, 0.3) is 5.65 Å². The smallest absolute Gasteiger partial charge is 0.138 e. The lowest BCUT2D eigenvalue weighted by Crippen LogP contribution is -2.35. The first-order valence-corrected chi connectivity index (χ1v) is 6.48. The first kappa shape index (κ1) is 12.2. The molecule has 0 aliphatic rings. The summed E-state index contributed by atoms with van der Waals surface area (Å²) in [6.45, 7) is 4.37. The first-order chi connectivity index (χ1) is 8.18. The van der Waals surface area contributed by atoms with Crippen molar-refractivity contribution in [3.8, 4) is 0 Å². The van der Waals surface area contributed by atoms with Gasteiger partial charge in [0.15, 0.2) is 0 Å². The molecule has 0 bridgehead atoms. The van der Waals surface area contributed by atoms with E-state index in [1.54, 1.807) is 0 Å². The molecule has 0 aromatic carbocycles. The molecule has 92 valence electrons. The van der Waals surface area contributed by atoms with Gasteiger partial charge in [-0.25, -0.2) is 4.98 Å². The molecule has 4 heteroatoms. The molecule has 0 fully saturated rings. The molecule has 3 nitrogen and oxygen atoms in total. The predicted molar refractivity (Wildman–Crippen MR) is 72.8 cm³/mol. The molecule has 17 heavy (non-hydrogen) atoms. The Morgan fingerprint density at radius 2 is 2.29 bits per heavy atom. The van der Waals surface area contributed by atoms with Crippen molar-refractivity contribution in [2.24, 2.45) is 0 Å². The highest BCUT2D eigenvalue weighted by atomic mass is 35.5. The second kappa shape index (κ2) is 4.96. The molecule has 0 aliphatic heterocycles. The molecule has 1 N–H and O–H groups in total. The molecule has 2 aromatic heterocycles. The summed E-state index contributed by atoms with van der Waals surface area (Å²) in [6, 6.07) is 6.08. The van der Waals surface area contributed by atoms with E-state index in [1.807, 2.05) is 24.5 Å². The van der Waals surface area contributed by atoms with E-state index in [9.17, 15) is 0 Å². The van der Waals surface area contributed by atoms with Gasteiger partial charge in [0, 0.05) is 23.8 Å². The average Bonchev–Trinajstić information content (AvgIpc) is 2.78. The summed E-state index contributed by atoms with van der Waals surface area (Å²) in [5, 5.41) is 3.57. The third-order valence-corrected chi connectivity index (χ3v) is 3.47. The van der Waals surface area contributed by atoms with Gasteiger partial charge in [-0.2, -0.15) is 0 Å². The first-order valence-electron chi connectivity index (χ1n) is 5.95. The Morgan fingerprint density at radius 3 is 3.00 bits per heavy atom. The van der Waals surface area contributed by atoms with Crippen LogP contribution >= 0.6 is 11.6 Å². The van der Waals surface area contributed by atoms with E-state index in [2.05, 4.69) is 34.6 Å². The molecule has 0 saturated carbocycles. The lowest BCUT2D eigenvalue weighted by Gasteiger charge is -2.30. The number of nitrogens with zero attached hydrogens (tertiary/aromatic N) is 2. The fourth-order valence-electron chi connectivity index (χ4n) is 1.89. The van der Waals surface area contributed by atoms with Crippen LogP contribution in [0.3, 0.4) is 0 Å². The normalized spacial score (nSPS) is 14.8. The number of pyridine rings is 1. The molecule has 1 atom stereocenters. The van der Waals surface area contributed by atoms with E-state index in [4.69, 9.17) is 11.6 Å². The van der Waals surface area contributed by atoms with Crippen LogP contribution in [0.4, 0.5) is 5.82 Å². The zero-order valence-corrected chi connectivity index (χ0v) is 11.0. The number of rotatable bonds is 5. The number of halogens is 1. The van der Waals surface area contributed by atoms with Crippen molar-refractivity contribution in [1.29, 1.82) is 0 Å². The van der Waals surface area contributed by atoms with Gasteiger partial charge in [-0.3, -0.25) is 4.40 Å². The number of hydrogen-bond donors (Lipinski definition) is 1. The lowest BCUT2D eigenvalue weighted by atomic mass is 9.95. The molecule has 2 aromatic rings. The van der Waals surface area contributed by atoms with E-state index in [0.717, 1.165) is 24.3 Å². The average molecular weight is 252 g/mol. The zero-order chi connectivity index (χ0) is 12.3. The topological polar surface area (TPSA) is 29.3 Å². The van der Waals surface area contributed by atoms with Crippen LogP contribution in [0.1, 0.15) is 26.7 Å². The Kier molecular flexibility index (Phi) is 3.57. The number of nitrogens with one attached hydrogen (secondary N) is 1. The van der Waals surface area contributed by atoms with Gasteiger partial charge in [0.2, 0.25) is 0 Å². The largest absolute Gasteiger partial charge is 0.366 e. The molecule has 0 spiro atoms. The summed E-state index contributed by atoms with van der Waals surface area (Å²) in [6.07, 6.45) is 5.75. The zero-order valence-electron chi connectivity index (χ0n) is 10.3. The second-order valence-electron chi connectivity index (χ2n) is 4.54. The van der Waals surface area contributed by atoms with Crippen LogP contribution in [0.2, 0.25) is 0 Å². The van der Waals surface area contributed by atoms with Crippen LogP contribution in [0.5, 0.6) is 0 Å². The molecule has 0 radical (unpaired) electrons. The van der Waals surface area contributed by atoms with Crippen molar-refractivity contribution in [2.45, 2.75) is 32.2 Å². The summed E-state index contributed by atoms with van der Waals surface area (Å²) < 4.78 is 2.06. The van der Waals surface area contributed by atoms with Crippen molar-refractivity contribution < 1.29 is 0 Å². The van der Waals surface area contributed by atoms with Crippen molar-refractivity contribution in [1.82, 2.24) is 9.38 Å². The second-order valence-corrected chi connectivity index (χ2v) is 4.92. The molecule has 1 unspecified atom stereocenters. The molecule has 0 aliphatic carbocycles. The summed E-state index contributed by atoms with van der Waals surface area (Å²) in [7, 11) is 0. The highest BCUT2D eigenvalue weighted by Crippen LogP contribution is 2.23. The SMILES string of the molecule is CCC(C)(CCCl)Nc1cccc2nccn12. The van der Waals surface area contributed by atoms with E-state index in [0.29, 0.717) is 5.88 Å². The third kappa shape index (κ3) is 2.55. The van der Waals surface area contributed by atoms with Gasteiger partial charge in [0.05, 0.1) is 0 Å². The lowest BCUT2D eigenvalue weighted by molar-refractivity contribution is 0.478. The van der Waals surface area contributed by atoms with Gasteiger partial charge >= 0.3 is 0 Å². The Hall–Kier alpha value is -1.22. The minimum absolute atomic E-state index is 0.0281. The summed E-state index contributed by atoms with van der Waals surface area (Å²) >= 11 is 5.87. The predicted octanol–water partition coefficient (Wildman–Crippen LogP) is 3.54. The maximum atomic E-state index is 5.87. The Morgan fingerprint density at radius 1 is 1.47 bits per heavy atom. The van der Waals surface area contributed by atoms with Crippen LogP contribution < -0.4 is 5.32 Å². The quantitative estimate of drug-likeness (QED) is 0.824. The van der Waals surface area contributed by atoms with Crippen molar-refractivity contribution >= 4 is 23.1 Å². The van der Waals surface area contributed by atoms with Crippen molar-refractivity contribution in [3.05, 3.63) is 30.6 Å². The van der Waals surface area contributed by atoms with E-state index in [1.165, 1.54) is 0 Å². The van der Waals surface area contributed by atoms with Crippen molar-refractivity contribution in [3.63, 3.8) is 0 Å². The number of alkyl halides is 1. The van der Waals surface area contributed by atoms with Gasteiger partial charge in [0.25, 0.3) is 0 Å². The van der Waals surface area contributed by atoms with Gasteiger partial charge in [-0.1, -0.05) is 13.0 Å². The highest BCUT2D eigenvalue weighted by Gasteiger charge is 2.21. The maximum absolute atomic E-state index is 5.87. The number of fused-ring (bicyclic) bond motifs is 1. The Bertz CT molecular complexity index is 494. The molecule has 0 saturated heterocycles. The van der Waals surface area contributed by atoms with E-state index in [-0.39, 0.29) is 5.54 Å². The molecule has 2 heterocycles. The standard InChI is InChI=1S/C13H18ClN3/c1-3-13(2,7-8-14)16-12-6-4-5-11-15-9-10-17(11)12/h4-6,9-10,16H,3,7-8H2,1-2H3. The maximum Gasteiger partial charge on any atom is 0.138 e. The minimum atomic E-state index is 0.0281. The number of imidazole rings is 1. The summed E-state index contributed by atoms with van der Waals surface area (Å²) in [5.41, 5.74) is 0.986. The number of anilines is 1. The molecule has 2 rings (SSSR count). The third-order valence-electron chi connectivity index (χ3n) is 3.28. The minimum Gasteiger partial charge on any atom is -0.366 e. The molecular formula is C13H18ClN3. The van der Waals surface area contributed by atoms with Crippen LogP contribution in [-0.4, -0.2) is 20.8 Å². The van der Waals surface area contributed by atoms with Gasteiger partial charge < -0.3 is 5.32 Å². The summed E-state index contributed by atoms with van der Waals surface area (Å²) in [5.74, 6) is 1.73. The highest BCUT2D eigenvalue weighted by molar-refractivity contribution is 6.17. The fourth-order valence-corrected chi connectivity index (χ4v) is 2.31. The Balaban J connectivity index is 2.31. The van der Waals surface area contributed by atoms with Crippen LogP contribution in [0, 0.1) is 0 Å². The Labute approximate surface area is 107 Å².